The molecule has 1 atom stereocenters. The van der Waals surface area contributed by atoms with Crippen molar-refractivity contribution in [3.8, 4) is 0 Å². The summed E-state index contributed by atoms with van der Waals surface area (Å²) in [4.78, 5) is 19.8. The number of carboxylic acids is 1. The Morgan fingerprint density at radius 3 is 2.92 bits per heavy atom. The SMILES string of the molecule is CN(CC(=O)O)C1CCCN(Cc2cn3cc(Cl)cc(Cl)c3n2)CC1. The largest absolute Gasteiger partial charge is 0.480 e. The Morgan fingerprint density at radius 1 is 1.36 bits per heavy atom. The number of aliphatic carboxylic acids is 1. The summed E-state index contributed by atoms with van der Waals surface area (Å²) in [5.41, 5.74) is 1.68. The third-order valence-electron chi connectivity index (χ3n) is 4.71. The van der Waals surface area contributed by atoms with E-state index >= 15 is 0 Å². The van der Waals surface area contributed by atoms with Crippen LogP contribution in [-0.2, 0) is 11.3 Å². The van der Waals surface area contributed by atoms with Crippen molar-refractivity contribution < 1.29 is 9.90 Å². The second-order valence-corrected chi connectivity index (χ2v) is 7.48. The molecule has 25 heavy (non-hydrogen) atoms. The number of hydrogen-bond donors (Lipinski definition) is 1. The van der Waals surface area contributed by atoms with Crippen LogP contribution in [-0.4, -0.2) is 63.0 Å². The van der Waals surface area contributed by atoms with E-state index in [4.69, 9.17) is 28.3 Å². The Morgan fingerprint density at radius 2 is 2.16 bits per heavy atom. The average Bonchev–Trinajstić information content (AvgIpc) is 2.77. The van der Waals surface area contributed by atoms with Gasteiger partial charge in [-0.1, -0.05) is 23.2 Å². The minimum atomic E-state index is -0.774. The van der Waals surface area contributed by atoms with Crippen molar-refractivity contribution in [2.45, 2.75) is 31.8 Å². The molecule has 1 saturated heterocycles. The van der Waals surface area contributed by atoms with Gasteiger partial charge in [-0.2, -0.15) is 0 Å². The van der Waals surface area contributed by atoms with Crippen LogP contribution in [0.5, 0.6) is 0 Å². The molecule has 0 aliphatic carbocycles. The van der Waals surface area contributed by atoms with Gasteiger partial charge in [-0.15, -0.1) is 0 Å². The number of likely N-dealkylation sites (N-methyl/N-ethyl adjacent to an activating group) is 1. The summed E-state index contributed by atoms with van der Waals surface area (Å²) >= 11 is 12.2. The number of aromatic nitrogens is 2. The van der Waals surface area contributed by atoms with E-state index in [9.17, 15) is 4.79 Å². The third-order valence-corrected chi connectivity index (χ3v) is 5.19. The van der Waals surface area contributed by atoms with Gasteiger partial charge in [-0.3, -0.25) is 14.6 Å². The Kier molecular flexibility index (Phi) is 5.84. The molecule has 0 radical (unpaired) electrons. The van der Waals surface area contributed by atoms with E-state index in [2.05, 4.69) is 9.88 Å². The molecule has 0 amide bonds. The van der Waals surface area contributed by atoms with Crippen LogP contribution >= 0.6 is 23.2 Å². The zero-order valence-corrected chi connectivity index (χ0v) is 15.7. The zero-order valence-electron chi connectivity index (χ0n) is 14.2. The number of nitrogens with zero attached hydrogens (tertiary/aromatic N) is 4. The van der Waals surface area contributed by atoms with Gasteiger partial charge in [0.2, 0.25) is 0 Å². The maximum atomic E-state index is 10.9. The number of hydrogen-bond acceptors (Lipinski definition) is 4. The summed E-state index contributed by atoms with van der Waals surface area (Å²) in [6.07, 6.45) is 6.80. The number of likely N-dealkylation sites (tertiary alicyclic amines) is 1. The topological polar surface area (TPSA) is 61.1 Å². The third kappa shape index (κ3) is 4.64. The van der Waals surface area contributed by atoms with E-state index in [0.717, 1.165) is 50.2 Å². The van der Waals surface area contributed by atoms with Gasteiger partial charge in [-0.25, -0.2) is 4.98 Å². The lowest BCUT2D eigenvalue weighted by Crippen LogP contribution is -2.36. The predicted octanol–water partition coefficient (Wildman–Crippen LogP) is 3.01. The number of pyridine rings is 1. The number of imidazole rings is 1. The van der Waals surface area contributed by atoms with E-state index < -0.39 is 5.97 Å². The summed E-state index contributed by atoms with van der Waals surface area (Å²) < 4.78 is 1.86. The first-order valence-electron chi connectivity index (χ1n) is 8.39. The molecule has 136 valence electrons. The number of rotatable bonds is 5. The van der Waals surface area contributed by atoms with Crippen molar-refractivity contribution in [1.82, 2.24) is 19.2 Å². The molecule has 1 N–H and O–H groups in total. The Hall–Kier alpha value is -1.34. The summed E-state index contributed by atoms with van der Waals surface area (Å²) in [6.45, 7) is 2.76. The van der Waals surface area contributed by atoms with Crippen molar-refractivity contribution in [2.75, 3.05) is 26.7 Å². The van der Waals surface area contributed by atoms with Gasteiger partial charge in [0.25, 0.3) is 0 Å². The van der Waals surface area contributed by atoms with Crippen LogP contribution in [0.25, 0.3) is 5.65 Å². The van der Waals surface area contributed by atoms with E-state index in [-0.39, 0.29) is 6.54 Å². The number of fused-ring (bicyclic) bond motifs is 1. The molecule has 3 heterocycles. The molecule has 0 bridgehead atoms. The fourth-order valence-electron chi connectivity index (χ4n) is 3.46. The minimum absolute atomic E-state index is 0.0936. The van der Waals surface area contributed by atoms with Crippen molar-refractivity contribution in [3.63, 3.8) is 0 Å². The van der Waals surface area contributed by atoms with Crippen LogP contribution in [0, 0.1) is 0 Å². The fourth-order valence-corrected chi connectivity index (χ4v) is 3.99. The lowest BCUT2D eigenvalue weighted by molar-refractivity contribution is -0.138. The molecule has 8 heteroatoms. The van der Waals surface area contributed by atoms with Gasteiger partial charge in [-0.05, 0) is 38.9 Å². The molecule has 2 aromatic heterocycles. The Balaban J connectivity index is 1.64. The lowest BCUT2D eigenvalue weighted by Gasteiger charge is -2.25. The molecular formula is C17H22Cl2N4O2. The highest BCUT2D eigenvalue weighted by Crippen LogP contribution is 2.23. The molecule has 1 fully saturated rings. The van der Waals surface area contributed by atoms with Gasteiger partial charge in [0.15, 0.2) is 5.65 Å². The van der Waals surface area contributed by atoms with Crippen LogP contribution in [0.3, 0.4) is 0 Å². The normalized spacial score (nSPS) is 19.4. The molecular weight excluding hydrogens is 363 g/mol. The zero-order chi connectivity index (χ0) is 18.0. The predicted molar refractivity (Wildman–Crippen MR) is 98.4 cm³/mol. The summed E-state index contributed by atoms with van der Waals surface area (Å²) in [6, 6.07) is 2.01. The van der Waals surface area contributed by atoms with Crippen molar-refractivity contribution in [3.05, 3.63) is 34.2 Å². The van der Waals surface area contributed by atoms with Crippen LogP contribution in [0.4, 0.5) is 0 Å². The smallest absolute Gasteiger partial charge is 0.317 e. The monoisotopic (exact) mass is 384 g/mol. The van der Waals surface area contributed by atoms with Crippen LogP contribution < -0.4 is 0 Å². The number of halogens is 2. The van der Waals surface area contributed by atoms with Gasteiger partial charge in [0.05, 0.1) is 22.3 Å². The highest BCUT2D eigenvalue weighted by molar-refractivity contribution is 6.36. The maximum Gasteiger partial charge on any atom is 0.317 e. The summed E-state index contributed by atoms with van der Waals surface area (Å²) in [5.74, 6) is -0.774. The molecule has 6 nitrogen and oxygen atoms in total. The molecule has 2 aromatic rings. The quantitative estimate of drug-likeness (QED) is 0.858. The standard InChI is InChI=1S/C17H22Cl2N4O2/c1-21(11-16(24)25)14-3-2-5-22(6-4-14)9-13-10-23-8-12(18)7-15(19)17(23)20-13/h7-8,10,14H,2-6,9,11H2,1H3,(H,24,25). The molecule has 1 aliphatic rings. The van der Waals surface area contributed by atoms with E-state index in [1.807, 2.05) is 22.5 Å². The molecule has 1 unspecified atom stereocenters. The second kappa shape index (κ2) is 7.91. The van der Waals surface area contributed by atoms with Crippen molar-refractivity contribution in [2.24, 2.45) is 0 Å². The van der Waals surface area contributed by atoms with Crippen LogP contribution in [0.15, 0.2) is 18.5 Å². The molecule has 3 rings (SSSR count). The van der Waals surface area contributed by atoms with Crippen LogP contribution in [0.2, 0.25) is 10.0 Å². The minimum Gasteiger partial charge on any atom is -0.480 e. The van der Waals surface area contributed by atoms with Gasteiger partial charge in [0, 0.05) is 31.5 Å². The van der Waals surface area contributed by atoms with Crippen molar-refractivity contribution in [1.29, 1.82) is 0 Å². The van der Waals surface area contributed by atoms with Crippen LogP contribution in [0.1, 0.15) is 25.0 Å². The maximum absolute atomic E-state index is 10.9. The highest BCUT2D eigenvalue weighted by Gasteiger charge is 2.22. The van der Waals surface area contributed by atoms with Gasteiger partial charge < -0.3 is 9.51 Å². The Bertz CT molecular complexity index is 764. The lowest BCUT2D eigenvalue weighted by atomic mass is 10.1. The first-order valence-corrected chi connectivity index (χ1v) is 9.15. The van der Waals surface area contributed by atoms with Crippen molar-refractivity contribution >= 4 is 34.8 Å². The Labute approximate surface area is 156 Å². The average molecular weight is 385 g/mol. The first-order chi connectivity index (χ1) is 11.9. The fraction of sp³-hybridized carbons (Fsp3) is 0.529. The molecule has 0 saturated carbocycles. The number of carboxylic acid groups (broad SMARTS) is 1. The van der Waals surface area contributed by atoms with E-state index in [1.54, 1.807) is 12.3 Å². The highest BCUT2D eigenvalue weighted by atomic mass is 35.5. The first kappa shape index (κ1) is 18.5. The summed E-state index contributed by atoms with van der Waals surface area (Å²) in [7, 11) is 1.89. The molecule has 0 spiro atoms. The second-order valence-electron chi connectivity index (χ2n) is 6.64. The van der Waals surface area contributed by atoms with E-state index in [0.29, 0.717) is 16.1 Å². The number of carbonyl (C=O) groups is 1. The van der Waals surface area contributed by atoms with Gasteiger partial charge in [0.1, 0.15) is 0 Å². The van der Waals surface area contributed by atoms with E-state index in [1.165, 1.54) is 0 Å². The molecule has 1 aliphatic heterocycles. The van der Waals surface area contributed by atoms with Gasteiger partial charge >= 0.3 is 5.97 Å². The summed E-state index contributed by atoms with van der Waals surface area (Å²) in [5, 5.41) is 10.1. The molecule has 0 aromatic carbocycles.